The monoisotopic (exact) mass is 287 g/mol. The van der Waals surface area contributed by atoms with Crippen LogP contribution in [0.1, 0.15) is 35.7 Å². The minimum atomic E-state index is 0.304. The van der Waals surface area contributed by atoms with Crippen LogP contribution < -0.4 is 5.32 Å². The fraction of sp³-hybridized carbons (Fsp3) is 0.500. The topological polar surface area (TPSA) is 60.2 Å². The summed E-state index contributed by atoms with van der Waals surface area (Å²) in [5.74, 6) is 1.28. The minimum Gasteiger partial charge on any atom is -0.368 e. The van der Waals surface area contributed by atoms with E-state index in [1.807, 2.05) is 12.1 Å². The van der Waals surface area contributed by atoms with Crippen LogP contribution in [-0.4, -0.2) is 29.3 Å². The van der Waals surface area contributed by atoms with Crippen molar-refractivity contribution in [3.8, 4) is 0 Å². The van der Waals surface area contributed by atoms with E-state index in [0.29, 0.717) is 30.8 Å². The molecular formula is C16H21N3O2. The number of aromatic nitrogens is 2. The summed E-state index contributed by atoms with van der Waals surface area (Å²) >= 11 is 0. The predicted octanol–water partition coefficient (Wildman–Crippen LogP) is 2.24. The molecule has 0 radical (unpaired) electrons. The van der Waals surface area contributed by atoms with Crippen LogP contribution in [0.3, 0.4) is 0 Å². The predicted molar refractivity (Wildman–Crippen MR) is 79.0 cm³/mol. The Morgan fingerprint density at radius 2 is 2.10 bits per heavy atom. The van der Waals surface area contributed by atoms with Gasteiger partial charge in [-0.2, -0.15) is 4.98 Å². The molecule has 21 heavy (non-hydrogen) atoms. The zero-order valence-electron chi connectivity index (χ0n) is 12.3. The van der Waals surface area contributed by atoms with Gasteiger partial charge in [0.15, 0.2) is 5.82 Å². The number of aryl methyl sites for hydroxylation is 1. The number of hydrogen-bond acceptors (Lipinski definition) is 5. The van der Waals surface area contributed by atoms with E-state index in [-0.39, 0.29) is 0 Å². The molecule has 5 heteroatoms. The van der Waals surface area contributed by atoms with Gasteiger partial charge in [-0.05, 0) is 44.0 Å². The molecular weight excluding hydrogens is 266 g/mol. The molecule has 1 saturated heterocycles. The van der Waals surface area contributed by atoms with Crippen LogP contribution in [0.4, 0.5) is 0 Å². The Morgan fingerprint density at radius 3 is 2.90 bits per heavy atom. The standard InChI is InChI=1S/C16H21N3O2/c1-12-4-2-3-5-13(12)10-15-18-16(21-19-15)11-20-14-6-8-17-9-7-14/h2-5,14,17H,6-11H2,1H3. The molecule has 0 amide bonds. The maximum atomic E-state index is 5.82. The number of ether oxygens (including phenoxy) is 1. The number of rotatable bonds is 5. The number of nitrogens with zero attached hydrogens (tertiary/aromatic N) is 2. The summed E-state index contributed by atoms with van der Waals surface area (Å²) in [6.07, 6.45) is 3.09. The van der Waals surface area contributed by atoms with Crippen LogP contribution in [0, 0.1) is 6.92 Å². The summed E-state index contributed by atoms with van der Waals surface area (Å²) in [6.45, 7) is 4.54. The van der Waals surface area contributed by atoms with Gasteiger partial charge in [0.1, 0.15) is 6.61 Å². The number of benzene rings is 1. The second kappa shape index (κ2) is 6.83. The average molecular weight is 287 g/mol. The van der Waals surface area contributed by atoms with E-state index in [1.165, 1.54) is 11.1 Å². The Balaban J connectivity index is 1.55. The molecule has 1 aliphatic heterocycles. The minimum absolute atomic E-state index is 0.304. The lowest BCUT2D eigenvalue weighted by molar-refractivity contribution is 0.00859. The van der Waals surface area contributed by atoms with Crippen LogP contribution in [0.15, 0.2) is 28.8 Å². The quantitative estimate of drug-likeness (QED) is 0.914. The fourth-order valence-corrected chi connectivity index (χ4v) is 2.55. The number of hydrogen-bond donors (Lipinski definition) is 1. The van der Waals surface area contributed by atoms with Crippen molar-refractivity contribution in [1.29, 1.82) is 0 Å². The first kappa shape index (κ1) is 14.2. The van der Waals surface area contributed by atoms with Gasteiger partial charge in [-0.25, -0.2) is 0 Å². The molecule has 0 aliphatic carbocycles. The lowest BCUT2D eigenvalue weighted by Crippen LogP contribution is -2.32. The third-order valence-electron chi connectivity index (χ3n) is 3.85. The molecule has 1 aromatic heterocycles. The Bertz CT molecular complexity index is 576. The van der Waals surface area contributed by atoms with E-state index in [2.05, 4.69) is 34.5 Å². The first-order valence-electron chi connectivity index (χ1n) is 7.49. The van der Waals surface area contributed by atoms with Gasteiger partial charge in [0.05, 0.1) is 6.10 Å². The van der Waals surface area contributed by atoms with Crippen molar-refractivity contribution < 1.29 is 9.26 Å². The van der Waals surface area contributed by atoms with Crippen LogP contribution in [0.5, 0.6) is 0 Å². The highest BCUT2D eigenvalue weighted by molar-refractivity contribution is 5.27. The Labute approximate surface area is 124 Å². The van der Waals surface area contributed by atoms with Gasteiger partial charge in [0.2, 0.25) is 0 Å². The molecule has 0 atom stereocenters. The fourth-order valence-electron chi connectivity index (χ4n) is 2.55. The van der Waals surface area contributed by atoms with E-state index in [0.717, 1.165) is 25.9 Å². The summed E-state index contributed by atoms with van der Waals surface area (Å²) in [6, 6.07) is 8.25. The summed E-state index contributed by atoms with van der Waals surface area (Å²) in [5.41, 5.74) is 2.47. The van der Waals surface area contributed by atoms with Crippen LogP contribution in [0.25, 0.3) is 0 Å². The Morgan fingerprint density at radius 1 is 1.29 bits per heavy atom. The third kappa shape index (κ3) is 3.89. The first-order chi connectivity index (χ1) is 10.3. The third-order valence-corrected chi connectivity index (χ3v) is 3.85. The molecule has 112 valence electrons. The van der Waals surface area contributed by atoms with E-state index in [9.17, 15) is 0 Å². The molecule has 2 heterocycles. The van der Waals surface area contributed by atoms with Gasteiger partial charge in [-0.15, -0.1) is 0 Å². The van der Waals surface area contributed by atoms with Crippen molar-refractivity contribution >= 4 is 0 Å². The zero-order valence-corrected chi connectivity index (χ0v) is 12.3. The summed E-state index contributed by atoms with van der Waals surface area (Å²) in [7, 11) is 0. The molecule has 0 saturated carbocycles. The van der Waals surface area contributed by atoms with Crippen molar-refractivity contribution in [2.24, 2.45) is 0 Å². The van der Waals surface area contributed by atoms with Crippen LogP contribution in [0.2, 0.25) is 0 Å². The van der Waals surface area contributed by atoms with Gasteiger partial charge in [-0.1, -0.05) is 29.4 Å². The molecule has 1 fully saturated rings. The average Bonchev–Trinajstić information content (AvgIpc) is 2.96. The molecule has 3 rings (SSSR count). The molecule has 1 aliphatic rings. The van der Waals surface area contributed by atoms with Gasteiger partial charge in [-0.3, -0.25) is 0 Å². The van der Waals surface area contributed by atoms with E-state index >= 15 is 0 Å². The lowest BCUT2D eigenvalue weighted by atomic mass is 10.1. The second-order valence-corrected chi connectivity index (χ2v) is 5.47. The zero-order chi connectivity index (χ0) is 14.5. The SMILES string of the molecule is Cc1ccccc1Cc1noc(COC2CCNCC2)n1. The highest BCUT2D eigenvalue weighted by Gasteiger charge is 2.15. The highest BCUT2D eigenvalue weighted by atomic mass is 16.5. The van der Waals surface area contributed by atoms with Crippen molar-refractivity contribution in [2.45, 2.75) is 38.9 Å². The van der Waals surface area contributed by atoms with E-state index < -0.39 is 0 Å². The van der Waals surface area contributed by atoms with Crippen molar-refractivity contribution in [3.63, 3.8) is 0 Å². The molecule has 0 unspecified atom stereocenters. The van der Waals surface area contributed by atoms with Crippen molar-refractivity contribution in [1.82, 2.24) is 15.5 Å². The summed E-state index contributed by atoms with van der Waals surface area (Å²) in [4.78, 5) is 4.41. The molecule has 0 bridgehead atoms. The second-order valence-electron chi connectivity index (χ2n) is 5.47. The molecule has 5 nitrogen and oxygen atoms in total. The molecule has 1 aromatic carbocycles. The number of nitrogens with one attached hydrogen (secondary N) is 1. The number of piperidine rings is 1. The largest absolute Gasteiger partial charge is 0.368 e. The summed E-state index contributed by atoms with van der Waals surface area (Å²) in [5, 5.41) is 7.36. The lowest BCUT2D eigenvalue weighted by Gasteiger charge is -2.21. The van der Waals surface area contributed by atoms with Gasteiger partial charge < -0.3 is 14.6 Å². The van der Waals surface area contributed by atoms with Crippen LogP contribution >= 0.6 is 0 Å². The van der Waals surface area contributed by atoms with Crippen molar-refractivity contribution in [3.05, 3.63) is 47.1 Å². The van der Waals surface area contributed by atoms with E-state index in [1.54, 1.807) is 0 Å². The first-order valence-corrected chi connectivity index (χ1v) is 7.49. The maximum absolute atomic E-state index is 5.82. The maximum Gasteiger partial charge on any atom is 0.252 e. The molecule has 2 aromatic rings. The van der Waals surface area contributed by atoms with Gasteiger partial charge in [0, 0.05) is 6.42 Å². The van der Waals surface area contributed by atoms with E-state index in [4.69, 9.17) is 9.26 Å². The summed E-state index contributed by atoms with van der Waals surface area (Å²) < 4.78 is 11.1. The normalized spacial score (nSPS) is 16.2. The Kier molecular flexibility index (Phi) is 4.62. The van der Waals surface area contributed by atoms with Crippen LogP contribution in [-0.2, 0) is 17.8 Å². The van der Waals surface area contributed by atoms with Gasteiger partial charge in [0.25, 0.3) is 5.89 Å². The highest BCUT2D eigenvalue weighted by Crippen LogP contribution is 2.13. The Hall–Kier alpha value is -1.72. The molecule has 0 spiro atoms. The smallest absolute Gasteiger partial charge is 0.252 e. The van der Waals surface area contributed by atoms with Gasteiger partial charge >= 0.3 is 0 Å². The van der Waals surface area contributed by atoms with Crippen molar-refractivity contribution in [2.75, 3.05) is 13.1 Å². The molecule has 1 N–H and O–H groups in total.